The fourth-order valence-corrected chi connectivity index (χ4v) is 2.79. The molecule has 0 spiro atoms. The molecule has 1 amide bonds. The second-order valence-corrected chi connectivity index (χ2v) is 6.40. The third-order valence-electron chi connectivity index (χ3n) is 3.98. The van der Waals surface area contributed by atoms with Crippen molar-refractivity contribution < 1.29 is 14.3 Å². The van der Waals surface area contributed by atoms with Crippen LogP contribution in [0.2, 0.25) is 0 Å². The highest BCUT2D eigenvalue weighted by Gasteiger charge is 2.11. The second kappa shape index (κ2) is 7.87. The van der Waals surface area contributed by atoms with E-state index < -0.39 is 5.97 Å². The molecule has 0 aliphatic rings. The van der Waals surface area contributed by atoms with Gasteiger partial charge in [0.2, 0.25) is 5.91 Å². The molecule has 0 aliphatic carbocycles. The van der Waals surface area contributed by atoms with Crippen molar-refractivity contribution in [1.29, 1.82) is 0 Å². The van der Waals surface area contributed by atoms with Crippen LogP contribution in [0, 0.1) is 0 Å². The van der Waals surface area contributed by atoms with Crippen LogP contribution in [-0.4, -0.2) is 22.5 Å². The molecule has 0 aliphatic heterocycles. The predicted octanol–water partition coefficient (Wildman–Crippen LogP) is 4.24. The van der Waals surface area contributed by atoms with Gasteiger partial charge in [-0.05, 0) is 49.6 Å². The maximum absolute atomic E-state index is 12.3. The zero-order chi connectivity index (χ0) is 18.5. The Bertz CT molecular complexity index is 928. The number of anilines is 1. The van der Waals surface area contributed by atoms with Crippen LogP contribution in [0.15, 0.2) is 60.8 Å². The van der Waals surface area contributed by atoms with E-state index in [0.29, 0.717) is 24.2 Å². The minimum Gasteiger partial charge on any atom is -0.459 e. The van der Waals surface area contributed by atoms with E-state index in [1.807, 2.05) is 36.5 Å². The van der Waals surface area contributed by atoms with E-state index in [1.54, 1.807) is 38.1 Å². The Labute approximate surface area is 152 Å². The van der Waals surface area contributed by atoms with Crippen LogP contribution in [0.3, 0.4) is 0 Å². The first-order valence-corrected chi connectivity index (χ1v) is 8.68. The number of nitrogens with one attached hydrogen (secondary N) is 1. The van der Waals surface area contributed by atoms with Crippen molar-refractivity contribution in [1.82, 2.24) is 4.57 Å². The number of amides is 1. The topological polar surface area (TPSA) is 60.3 Å². The van der Waals surface area contributed by atoms with Gasteiger partial charge in [-0.2, -0.15) is 0 Å². The summed E-state index contributed by atoms with van der Waals surface area (Å²) in [5, 5.41) is 4.00. The number of nitrogens with zero attached hydrogens (tertiary/aromatic N) is 1. The first kappa shape index (κ1) is 17.7. The van der Waals surface area contributed by atoms with E-state index in [-0.39, 0.29) is 12.0 Å². The SMILES string of the molecule is CC(C)OC(=O)c1cccc(NC(=O)CCn2ccc3ccccc32)c1. The monoisotopic (exact) mass is 350 g/mol. The number of fused-ring (bicyclic) bond motifs is 1. The molecule has 5 heteroatoms. The Hall–Kier alpha value is -3.08. The lowest BCUT2D eigenvalue weighted by Gasteiger charge is -2.10. The maximum atomic E-state index is 12.3. The molecule has 0 unspecified atom stereocenters. The van der Waals surface area contributed by atoms with Gasteiger partial charge in [-0.15, -0.1) is 0 Å². The highest BCUT2D eigenvalue weighted by molar-refractivity contribution is 5.94. The van der Waals surface area contributed by atoms with E-state index in [1.165, 1.54) is 0 Å². The minimum absolute atomic E-state index is 0.0999. The third kappa shape index (κ3) is 4.30. The molecule has 0 saturated heterocycles. The molecule has 1 heterocycles. The molecular formula is C21H22N2O3. The van der Waals surface area contributed by atoms with Gasteiger partial charge < -0.3 is 14.6 Å². The Morgan fingerprint density at radius 3 is 2.69 bits per heavy atom. The Morgan fingerprint density at radius 1 is 1.08 bits per heavy atom. The Kier molecular flexibility index (Phi) is 5.37. The largest absolute Gasteiger partial charge is 0.459 e. The summed E-state index contributed by atoms with van der Waals surface area (Å²) in [5.41, 5.74) is 2.12. The van der Waals surface area contributed by atoms with Crippen LogP contribution in [-0.2, 0) is 16.1 Å². The lowest BCUT2D eigenvalue weighted by molar-refractivity contribution is -0.116. The molecule has 0 fully saturated rings. The van der Waals surface area contributed by atoms with Crippen molar-refractivity contribution in [3.8, 4) is 0 Å². The summed E-state index contributed by atoms with van der Waals surface area (Å²) in [6.45, 7) is 4.19. The number of hydrogen-bond donors (Lipinski definition) is 1. The molecule has 1 aromatic heterocycles. The number of para-hydroxylation sites is 1. The number of benzene rings is 2. The van der Waals surface area contributed by atoms with Gasteiger partial charge >= 0.3 is 5.97 Å². The van der Waals surface area contributed by atoms with E-state index in [2.05, 4.69) is 9.88 Å². The number of ether oxygens (including phenoxy) is 1. The quantitative estimate of drug-likeness (QED) is 0.677. The molecule has 0 bridgehead atoms. The summed E-state index contributed by atoms with van der Waals surface area (Å²) < 4.78 is 7.24. The zero-order valence-electron chi connectivity index (χ0n) is 14.9. The fourth-order valence-electron chi connectivity index (χ4n) is 2.79. The van der Waals surface area contributed by atoms with Crippen LogP contribution in [0.4, 0.5) is 5.69 Å². The summed E-state index contributed by atoms with van der Waals surface area (Å²) in [5.74, 6) is -0.493. The Morgan fingerprint density at radius 2 is 1.88 bits per heavy atom. The molecule has 3 rings (SSSR count). The zero-order valence-corrected chi connectivity index (χ0v) is 14.9. The number of esters is 1. The van der Waals surface area contributed by atoms with E-state index >= 15 is 0 Å². The van der Waals surface area contributed by atoms with Gasteiger partial charge in [0, 0.05) is 30.4 Å². The lowest BCUT2D eigenvalue weighted by atomic mass is 10.2. The van der Waals surface area contributed by atoms with E-state index in [9.17, 15) is 9.59 Å². The van der Waals surface area contributed by atoms with E-state index in [0.717, 1.165) is 10.9 Å². The third-order valence-corrected chi connectivity index (χ3v) is 3.98. The van der Waals surface area contributed by atoms with Gasteiger partial charge in [0.15, 0.2) is 0 Å². The van der Waals surface area contributed by atoms with Crippen molar-refractivity contribution >= 4 is 28.5 Å². The van der Waals surface area contributed by atoms with Crippen LogP contribution in [0.25, 0.3) is 10.9 Å². The molecule has 0 radical (unpaired) electrons. The number of carbonyl (C=O) groups is 2. The van der Waals surface area contributed by atoms with Crippen LogP contribution >= 0.6 is 0 Å². The van der Waals surface area contributed by atoms with Gasteiger partial charge in [-0.3, -0.25) is 4.79 Å². The lowest BCUT2D eigenvalue weighted by Crippen LogP contribution is -2.15. The van der Waals surface area contributed by atoms with Crippen LogP contribution < -0.4 is 5.32 Å². The van der Waals surface area contributed by atoms with Gasteiger partial charge in [0.05, 0.1) is 11.7 Å². The summed E-state index contributed by atoms with van der Waals surface area (Å²) in [4.78, 5) is 24.2. The molecular weight excluding hydrogens is 328 g/mol. The first-order chi connectivity index (χ1) is 12.5. The molecule has 1 N–H and O–H groups in total. The first-order valence-electron chi connectivity index (χ1n) is 8.68. The number of aromatic nitrogens is 1. The highest BCUT2D eigenvalue weighted by atomic mass is 16.5. The average molecular weight is 350 g/mol. The van der Waals surface area contributed by atoms with Crippen molar-refractivity contribution in [2.24, 2.45) is 0 Å². The predicted molar refractivity (Wildman–Crippen MR) is 102 cm³/mol. The molecule has 3 aromatic rings. The van der Waals surface area contributed by atoms with Crippen molar-refractivity contribution in [3.05, 3.63) is 66.4 Å². The van der Waals surface area contributed by atoms with Crippen molar-refractivity contribution in [3.63, 3.8) is 0 Å². The number of carbonyl (C=O) groups excluding carboxylic acids is 2. The summed E-state index contributed by atoms with van der Waals surface area (Å²) >= 11 is 0. The van der Waals surface area contributed by atoms with Crippen molar-refractivity contribution in [2.75, 3.05) is 5.32 Å². The summed E-state index contributed by atoms with van der Waals surface area (Å²) in [6, 6.07) is 16.9. The van der Waals surface area contributed by atoms with E-state index in [4.69, 9.17) is 4.74 Å². The van der Waals surface area contributed by atoms with Gasteiger partial charge in [-0.25, -0.2) is 4.79 Å². The molecule has 134 valence electrons. The average Bonchev–Trinajstić information content (AvgIpc) is 3.03. The molecule has 5 nitrogen and oxygen atoms in total. The number of hydrogen-bond acceptors (Lipinski definition) is 3. The molecule has 0 atom stereocenters. The standard InChI is InChI=1S/C21H22N2O3/c1-15(2)26-21(25)17-7-5-8-18(14-17)22-20(24)11-13-23-12-10-16-6-3-4-9-19(16)23/h3-10,12,14-15H,11,13H2,1-2H3,(H,22,24). The van der Waals surface area contributed by atoms with Crippen LogP contribution in [0.1, 0.15) is 30.6 Å². The fraction of sp³-hybridized carbons (Fsp3) is 0.238. The number of aryl methyl sites for hydroxylation is 1. The van der Waals surface area contributed by atoms with Gasteiger partial charge in [0.25, 0.3) is 0 Å². The Balaban J connectivity index is 1.60. The summed E-state index contributed by atoms with van der Waals surface area (Å²) in [7, 11) is 0. The van der Waals surface area contributed by atoms with Crippen LogP contribution in [0.5, 0.6) is 0 Å². The van der Waals surface area contributed by atoms with Gasteiger partial charge in [0.1, 0.15) is 0 Å². The highest BCUT2D eigenvalue weighted by Crippen LogP contribution is 2.16. The normalized spacial score (nSPS) is 10.9. The smallest absolute Gasteiger partial charge is 0.338 e. The minimum atomic E-state index is -0.394. The molecule has 0 saturated carbocycles. The van der Waals surface area contributed by atoms with Gasteiger partial charge in [-0.1, -0.05) is 24.3 Å². The molecule has 26 heavy (non-hydrogen) atoms. The summed E-state index contributed by atoms with van der Waals surface area (Å²) in [6.07, 6.45) is 2.15. The number of rotatable bonds is 6. The maximum Gasteiger partial charge on any atom is 0.338 e. The molecule has 2 aromatic carbocycles. The van der Waals surface area contributed by atoms with Crippen molar-refractivity contribution in [2.45, 2.75) is 32.9 Å². The second-order valence-electron chi connectivity index (χ2n) is 6.40.